The highest BCUT2D eigenvalue weighted by molar-refractivity contribution is 5.97. The fourth-order valence-corrected chi connectivity index (χ4v) is 5.42. The molecule has 1 aliphatic heterocycles. The lowest BCUT2D eigenvalue weighted by Crippen LogP contribution is -2.05. The van der Waals surface area contributed by atoms with E-state index in [0.29, 0.717) is 12.5 Å². The number of nitrogens with one attached hydrogen (secondary N) is 2. The van der Waals surface area contributed by atoms with E-state index in [1.54, 1.807) is 0 Å². The van der Waals surface area contributed by atoms with Gasteiger partial charge in [-0.1, -0.05) is 50.2 Å². The first-order chi connectivity index (χ1) is 16.5. The third-order valence-electron chi connectivity index (χ3n) is 7.17. The average Bonchev–Trinajstić information content (AvgIpc) is 3.46. The Hall–Kier alpha value is -3.86. The number of aromatic nitrogens is 4. The SMILES string of the molecule is Cc1nc2c([nH]1)COc1c-2ccc2cc(-c3ccc4c(c3)CCc3nc(C(C)C)[nH]c3-4)ccc12. The number of ether oxygens (including phenoxy) is 1. The van der Waals surface area contributed by atoms with Gasteiger partial charge in [-0.05, 0) is 54.0 Å². The van der Waals surface area contributed by atoms with Crippen molar-refractivity contribution in [2.45, 2.75) is 46.1 Å². The lowest BCUT2D eigenvalue weighted by atomic mass is 9.89. The normalized spacial score (nSPS) is 13.9. The molecule has 7 rings (SSSR count). The van der Waals surface area contributed by atoms with E-state index >= 15 is 0 Å². The fourth-order valence-electron chi connectivity index (χ4n) is 5.42. The molecule has 0 radical (unpaired) electrons. The Balaban J connectivity index is 1.29. The molecule has 2 N–H and O–H groups in total. The van der Waals surface area contributed by atoms with Crippen molar-refractivity contribution in [2.24, 2.45) is 0 Å². The van der Waals surface area contributed by atoms with Crippen LogP contribution in [-0.2, 0) is 19.4 Å². The molecule has 2 aliphatic rings. The largest absolute Gasteiger partial charge is 0.486 e. The van der Waals surface area contributed by atoms with Crippen LogP contribution in [0.15, 0.2) is 48.5 Å². The smallest absolute Gasteiger partial charge is 0.137 e. The second kappa shape index (κ2) is 7.07. The Morgan fingerprint density at radius 1 is 0.882 bits per heavy atom. The van der Waals surface area contributed by atoms with Crippen LogP contribution in [0, 0.1) is 6.92 Å². The molecular weight excluding hydrogens is 420 g/mol. The number of H-pyrrole nitrogens is 2. The molecule has 1 aliphatic carbocycles. The molecule has 5 heteroatoms. The average molecular weight is 447 g/mol. The first-order valence-corrected chi connectivity index (χ1v) is 12.0. The molecule has 0 spiro atoms. The zero-order chi connectivity index (χ0) is 23.0. The predicted molar refractivity (Wildman–Crippen MR) is 135 cm³/mol. The number of imidazole rings is 2. The quantitative estimate of drug-likeness (QED) is 0.317. The molecule has 0 saturated heterocycles. The van der Waals surface area contributed by atoms with Crippen LogP contribution in [0.25, 0.3) is 44.4 Å². The number of hydrogen-bond donors (Lipinski definition) is 2. The first kappa shape index (κ1) is 19.6. The minimum atomic E-state index is 0.407. The van der Waals surface area contributed by atoms with Gasteiger partial charge in [-0.15, -0.1) is 0 Å². The van der Waals surface area contributed by atoms with Gasteiger partial charge in [0.2, 0.25) is 0 Å². The molecule has 0 atom stereocenters. The first-order valence-electron chi connectivity index (χ1n) is 12.0. The maximum Gasteiger partial charge on any atom is 0.137 e. The molecule has 5 aromatic rings. The lowest BCUT2D eigenvalue weighted by molar-refractivity contribution is 0.301. The van der Waals surface area contributed by atoms with Crippen LogP contribution in [0.1, 0.15) is 48.4 Å². The van der Waals surface area contributed by atoms with E-state index in [1.165, 1.54) is 39.0 Å². The zero-order valence-electron chi connectivity index (χ0n) is 19.6. The summed E-state index contributed by atoms with van der Waals surface area (Å²) < 4.78 is 6.17. The van der Waals surface area contributed by atoms with Gasteiger partial charge in [0.15, 0.2) is 0 Å². The number of nitrogens with zero attached hydrogens (tertiary/aromatic N) is 2. The minimum absolute atomic E-state index is 0.407. The monoisotopic (exact) mass is 446 g/mol. The topological polar surface area (TPSA) is 66.6 Å². The number of hydrogen-bond acceptors (Lipinski definition) is 3. The third kappa shape index (κ3) is 2.86. The van der Waals surface area contributed by atoms with E-state index in [1.807, 2.05) is 6.92 Å². The highest BCUT2D eigenvalue weighted by Gasteiger charge is 2.24. The molecule has 34 heavy (non-hydrogen) atoms. The summed E-state index contributed by atoms with van der Waals surface area (Å²) in [6, 6.07) is 17.8. The van der Waals surface area contributed by atoms with Crippen LogP contribution in [0.3, 0.4) is 0 Å². The summed E-state index contributed by atoms with van der Waals surface area (Å²) in [5, 5.41) is 2.32. The summed E-state index contributed by atoms with van der Waals surface area (Å²) in [7, 11) is 0. The van der Waals surface area contributed by atoms with Crippen LogP contribution in [-0.4, -0.2) is 19.9 Å². The second-order valence-electron chi connectivity index (χ2n) is 9.79. The summed E-state index contributed by atoms with van der Waals surface area (Å²) in [6.45, 7) is 6.89. The standard InChI is InChI=1S/C29H26N4O/c1-15(2)29-32-24-11-7-19-12-17(4-8-21(19)26(24)33-29)18-5-9-22-20(13-18)6-10-23-27-25(14-34-28(22)23)30-16(3)31-27/h4-6,8-10,12-13,15H,7,11,14H2,1-3H3,(H,30,31)(H,32,33). The van der Waals surface area contributed by atoms with Gasteiger partial charge in [0, 0.05) is 22.4 Å². The van der Waals surface area contributed by atoms with Gasteiger partial charge >= 0.3 is 0 Å². The van der Waals surface area contributed by atoms with Crippen LogP contribution in [0.4, 0.5) is 0 Å². The molecular formula is C29H26N4O. The van der Waals surface area contributed by atoms with E-state index in [9.17, 15) is 0 Å². The molecule has 0 saturated carbocycles. The summed E-state index contributed by atoms with van der Waals surface area (Å²) in [5.74, 6) is 3.34. The number of fused-ring (bicyclic) bond motifs is 8. The van der Waals surface area contributed by atoms with Gasteiger partial charge in [0.25, 0.3) is 0 Å². The van der Waals surface area contributed by atoms with Crippen LogP contribution in [0.2, 0.25) is 0 Å². The number of rotatable bonds is 2. The van der Waals surface area contributed by atoms with Gasteiger partial charge in [0.05, 0.1) is 22.8 Å². The summed E-state index contributed by atoms with van der Waals surface area (Å²) in [4.78, 5) is 16.4. The Morgan fingerprint density at radius 3 is 2.59 bits per heavy atom. The fraction of sp³-hybridized carbons (Fsp3) is 0.241. The van der Waals surface area contributed by atoms with E-state index < -0.39 is 0 Å². The minimum Gasteiger partial charge on any atom is -0.486 e. The molecule has 0 unspecified atom stereocenters. The molecule has 0 bridgehead atoms. The Bertz CT molecular complexity index is 1600. The second-order valence-corrected chi connectivity index (χ2v) is 9.79. The van der Waals surface area contributed by atoms with Crippen LogP contribution < -0.4 is 4.74 Å². The molecule has 168 valence electrons. The van der Waals surface area contributed by atoms with E-state index in [-0.39, 0.29) is 0 Å². The Kier molecular flexibility index (Phi) is 4.07. The van der Waals surface area contributed by atoms with E-state index in [2.05, 4.69) is 77.3 Å². The highest BCUT2D eigenvalue weighted by atomic mass is 16.5. The number of aromatic amines is 2. The van der Waals surface area contributed by atoms with Crippen molar-refractivity contribution in [2.75, 3.05) is 0 Å². The summed E-state index contributed by atoms with van der Waals surface area (Å²) in [6.07, 6.45) is 2.02. The third-order valence-corrected chi connectivity index (χ3v) is 7.17. The maximum atomic E-state index is 6.17. The molecule has 5 nitrogen and oxygen atoms in total. The zero-order valence-corrected chi connectivity index (χ0v) is 19.6. The Morgan fingerprint density at radius 2 is 1.71 bits per heavy atom. The van der Waals surface area contributed by atoms with Gasteiger partial charge in [0.1, 0.15) is 24.0 Å². The van der Waals surface area contributed by atoms with Crippen molar-refractivity contribution in [3.05, 3.63) is 77.1 Å². The van der Waals surface area contributed by atoms with Crippen molar-refractivity contribution >= 4 is 10.8 Å². The van der Waals surface area contributed by atoms with Crippen LogP contribution in [0.5, 0.6) is 5.75 Å². The van der Waals surface area contributed by atoms with Gasteiger partial charge in [-0.2, -0.15) is 0 Å². The van der Waals surface area contributed by atoms with Crippen molar-refractivity contribution in [1.82, 2.24) is 19.9 Å². The van der Waals surface area contributed by atoms with Gasteiger partial charge < -0.3 is 14.7 Å². The Labute approximate surface area is 198 Å². The van der Waals surface area contributed by atoms with Crippen molar-refractivity contribution in [3.63, 3.8) is 0 Å². The summed E-state index contributed by atoms with van der Waals surface area (Å²) in [5.41, 5.74) is 10.7. The lowest BCUT2D eigenvalue weighted by Gasteiger charge is -2.19. The molecule has 2 aromatic heterocycles. The van der Waals surface area contributed by atoms with E-state index in [4.69, 9.17) is 9.72 Å². The van der Waals surface area contributed by atoms with Crippen molar-refractivity contribution in [1.29, 1.82) is 0 Å². The number of benzene rings is 3. The van der Waals surface area contributed by atoms with Gasteiger partial charge in [-0.3, -0.25) is 0 Å². The highest BCUT2D eigenvalue weighted by Crippen LogP contribution is 2.42. The number of aryl methyl sites for hydroxylation is 3. The van der Waals surface area contributed by atoms with E-state index in [0.717, 1.165) is 52.6 Å². The molecule has 0 fully saturated rings. The van der Waals surface area contributed by atoms with Crippen molar-refractivity contribution < 1.29 is 4.74 Å². The van der Waals surface area contributed by atoms with Crippen molar-refractivity contribution in [3.8, 4) is 39.4 Å². The van der Waals surface area contributed by atoms with Gasteiger partial charge in [-0.25, -0.2) is 9.97 Å². The molecule has 0 amide bonds. The molecule has 3 aromatic carbocycles. The molecule has 3 heterocycles. The predicted octanol–water partition coefficient (Wildman–Crippen LogP) is 6.71. The summed E-state index contributed by atoms with van der Waals surface area (Å²) >= 11 is 0. The maximum absolute atomic E-state index is 6.17. The van der Waals surface area contributed by atoms with Crippen LogP contribution >= 0.6 is 0 Å².